The molecule has 2 rings (SSSR count). The van der Waals surface area contributed by atoms with Crippen LogP contribution in [0.25, 0.3) is 0 Å². The van der Waals surface area contributed by atoms with Gasteiger partial charge in [0.1, 0.15) is 0 Å². The van der Waals surface area contributed by atoms with Crippen molar-refractivity contribution in [3.63, 3.8) is 0 Å². The van der Waals surface area contributed by atoms with Crippen LogP contribution in [0.3, 0.4) is 0 Å². The predicted molar refractivity (Wildman–Crippen MR) is 99.1 cm³/mol. The third-order valence-electron chi connectivity index (χ3n) is 3.70. The third-order valence-corrected chi connectivity index (χ3v) is 5.37. The molecular formula is C17H18Cl2N2O3S. The van der Waals surface area contributed by atoms with Crippen molar-refractivity contribution >= 4 is 39.1 Å². The van der Waals surface area contributed by atoms with E-state index in [2.05, 4.69) is 0 Å². The van der Waals surface area contributed by atoms with Gasteiger partial charge in [0, 0.05) is 13.1 Å². The highest BCUT2D eigenvalue weighted by Crippen LogP contribution is 2.23. The van der Waals surface area contributed by atoms with Crippen molar-refractivity contribution in [1.82, 2.24) is 4.90 Å². The van der Waals surface area contributed by atoms with E-state index in [9.17, 15) is 13.2 Å². The molecule has 0 saturated heterocycles. The molecule has 0 aliphatic rings. The summed E-state index contributed by atoms with van der Waals surface area (Å²) >= 11 is 11.9. The van der Waals surface area contributed by atoms with E-state index in [1.54, 1.807) is 29.2 Å². The van der Waals surface area contributed by atoms with Crippen LogP contribution in [0.1, 0.15) is 18.1 Å². The minimum Gasteiger partial charge on any atom is -0.338 e. The molecule has 0 fully saturated rings. The lowest BCUT2D eigenvalue weighted by molar-refractivity contribution is -0.130. The molecule has 134 valence electrons. The first-order valence-corrected chi connectivity index (χ1v) is 9.84. The molecular weight excluding hydrogens is 383 g/mol. The van der Waals surface area contributed by atoms with Crippen LogP contribution in [-0.4, -0.2) is 25.8 Å². The fourth-order valence-electron chi connectivity index (χ4n) is 2.32. The molecule has 0 bridgehead atoms. The summed E-state index contributed by atoms with van der Waals surface area (Å²) in [5, 5.41) is 5.98. The monoisotopic (exact) mass is 400 g/mol. The average Bonchev–Trinajstić information content (AvgIpc) is 2.55. The number of carbonyl (C=O) groups excluding carboxylic acids is 1. The number of primary sulfonamides is 1. The van der Waals surface area contributed by atoms with E-state index in [0.29, 0.717) is 28.7 Å². The van der Waals surface area contributed by atoms with Crippen LogP contribution in [0.2, 0.25) is 10.0 Å². The zero-order valence-corrected chi connectivity index (χ0v) is 15.9. The summed E-state index contributed by atoms with van der Waals surface area (Å²) in [5.41, 5.74) is 1.60. The second-order valence-electron chi connectivity index (χ2n) is 5.52. The Morgan fingerprint density at radius 1 is 1.04 bits per heavy atom. The van der Waals surface area contributed by atoms with Gasteiger partial charge in [-0.2, -0.15) is 0 Å². The van der Waals surface area contributed by atoms with Gasteiger partial charge in [-0.3, -0.25) is 4.79 Å². The van der Waals surface area contributed by atoms with Crippen molar-refractivity contribution in [3.05, 3.63) is 63.6 Å². The summed E-state index contributed by atoms with van der Waals surface area (Å²) in [6, 6.07) is 11.2. The first-order valence-electron chi connectivity index (χ1n) is 7.54. The molecule has 0 radical (unpaired) electrons. The molecule has 2 aromatic rings. The second kappa shape index (κ2) is 8.19. The molecule has 0 aliphatic heterocycles. The third kappa shape index (κ3) is 5.44. The number of likely N-dealkylation sites (N-methyl/N-ethyl adjacent to an activating group) is 1. The van der Waals surface area contributed by atoms with Crippen molar-refractivity contribution in [2.45, 2.75) is 24.8 Å². The van der Waals surface area contributed by atoms with Crippen molar-refractivity contribution in [3.8, 4) is 0 Å². The molecule has 2 N–H and O–H groups in total. The number of sulfonamides is 1. The molecule has 0 aliphatic carbocycles. The lowest BCUT2D eigenvalue weighted by Gasteiger charge is -2.21. The predicted octanol–water partition coefficient (Wildman–Crippen LogP) is 3.23. The summed E-state index contributed by atoms with van der Waals surface area (Å²) < 4.78 is 22.5. The molecule has 0 atom stereocenters. The molecule has 0 aromatic heterocycles. The Morgan fingerprint density at radius 2 is 1.64 bits per heavy atom. The summed E-state index contributed by atoms with van der Waals surface area (Å²) in [7, 11) is -3.74. The molecule has 2 aromatic carbocycles. The van der Waals surface area contributed by atoms with Gasteiger partial charge >= 0.3 is 0 Å². The SMILES string of the molecule is CCN(Cc1ccc(Cl)c(Cl)c1)C(=O)Cc1ccc(S(N)(=O)=O)cc1. The van der Waals surface area contributed by atoms with Crippen LogP contribution >= 0.6 is 23.2 Å². The van der Waals surface area contributed by atoms with Crippen LogP contribution in [0.15, 0.2) is 47.4 Å². The van der Waals surface area contributed by atoms with Gasteiger partial charge in [0.2, 0.25) is 15.9 Å². The highest BCUT2D eigenvalue weighted by Gasteiger charge is 2.14. The maximum atomic E-state index is 12.5. The lowest BCUT2D eigenvalue weighted by Crippen LogP contribution is -2.31. The van der Waals surface area contributed by atoms with Crippen molar-refractivity contribution < 1.29 is 13.2 Å². The number of hydrogen-bond acceptors (Lipinski definition) is 3. The molecule has 1 amide bonds. The first kappa shape index (κ1) is 19.7. The zero-order chi connectivity index (χ0) is 18.6. The number of rotatable bonds is 6. The number of halogens is 2. The number of amides is 1. The van der Waals surface area contributed by atoms with Gasteiger partial charge in [-0.25, -0.2) is 13.6 Å². The smallest absolute Gasteiger partial charge is 0.238 e. The second-order valence-corrected chi connectivity index (χ2v) is 7.90. The van der Waals surface area contributed by atoms with Crippen molar-refractivity contribution in [2.24, 2.45) is 5.14 Å². The molecule has 8 heteroatoms. The fourth-order valence-corrected chi connectivity index (χ4v) is 3.15. The quantitative estimate of drug-likeness (QED) is 0.807. The van der Waals surface area contributed by atoms with Crippen LogP contribution in [0.4, 0.5) is 0 Å². The number of benzene rings is 2. The maximum absolute atomic E-state index is 12.5. The van der Waals surface area contributed by atoms with Crippen LogP contribution < -0.4 is 5.14 Å². The maximum Gasteiger partial charge on any atom is 0.238 e. The molecule has 0 heterocycles. The highest BCUT2D eigenvalue weighted by molar-refractivity contribution is 7.89. The van der Waals surface area contributed by atoms with Crippen molar-refractivity contribution in [2.75, 3.05) is 6.54 Å². The molecule has 0 unspecified atom stereocenters. The minimum absolute atomic E-state index is 0.0202. The normalized spacial score (nSPS) is 11.4. The van der Waals surface area contributed by atoms with Crippen molar-refractivity contribution in [1.29, 1.82) is 0 Å². The van der Waals surface area contributed by atoms with Crippen LogP contribution in [0, 0.1) is 0 Å². The van der Waals surface area contributed by atoms with Gasteiger partial charge in [0.05, 0.1) is 21.4 Å². The molecule has 0 saturated carbocycles. The topological polar surface area (TPSA) is 80.5 Å². The Labute approximate surface area is 157 Å². The number of nitrogens with zero attached hydrogens (tertiary/aromatic N) is 1. The van der Waals surface area contributed by atoms with E-state index in [1.165, 1.54) is 12.1 Å². The van der Waals surface area contributed by atoms with E-state index in [0.717, 1.165) is 5.56 Å². The fraction of sp³-hybridized carbons (Fsp3) is 0.235. The Hall–Kier alpha value is -1.60. The number of nitrogens with two attached hydrogens (primary N) is 1. The number of carbonyl (C=O) groups is 1. The molecule has 5 nitrogen and oxygen atoms in total. The highest BCUT2D eigenvalue weighted by atomic mass is 35.5. The van der Waals surface area contributed by atoms with Crippen LogP contribution in [0.5, 0.6) is 0 Å². The van der Waals surface area contributed by atoms with Gasteiger partial charge in [0.15, 0.2) is 0 Å². The van der Waals surface area contributed by atoms with E-state index >= 15 is 0 Å². The molecule has 0 spiro atoms. The summed E-state index contributed by atoms with van der Waals surface area (Å²) in [5.74, 6) is -0.0723. The largest absolute Gasteiger partial charge is 0.338 e. The Balaban J connectivity index is 2.07. The van der Waals surface area contributed by atoms with E-state index in [1.807, 2.05) is 13.0 Å². The Bertz CT molecular complexity index is 868. The van der Waals surface area contributed by atoms with E-state index in [4.69, 9.17) is 28.3 Å². The lowest BCUT2D eigenvalue weighted by atomic mass is 10.1. The zero-order valence-electron chi connectivity index (χ0n) is 13.6. The molecule has 25 heavy (non-hydrogen) atoms. The van der Waals surface area contributed by atoms with Gasteiger partial charge in [0.25, 0.3) is 0 Å². The Morgan fingerprint density at radius 3 is 2.16 bits per heavy atom. The number of hydrogen-bond donors (Lipinski definition) is 1. The summed E-state index contributed by atoms with van der Waals surface area (Å²) in [6.07, 6.45) is 0.167. The van der Waals surface area contributed by atoms with E-state index < -0.39 is 10.0 Å². The van der Waals surface area contributed by atoms with Gasteiger partial charge in [-0.05, 0) is 42.3 Å². The average molecular weight is 401 g/mol. The van der Waals surface area contributed by atoms with Gasteiger partial charge < -0.3 is 4.90 Å². The Kier molecular flexibility index (Phi) is 6.46. The minimum atomic E-state index is -3.74. The standard InChI is InChI=1S/C17H18Cl2N2O3S/c1-2-21(11-13-5-8-15(18)16(19)9-13)17(22)10-12-3-6-14(7-4-12)25(20,23)24/h3-9H,2,10-11H2,1H3,(H2,20,23,24). The van der Waals surface area contributed by atoms with E-state index in [-0.39, 0.29) is 17.2 Å². The summed E-state index contributed by atoms with van der Waals surface area (Å²) in [6.45, 7) is 2.84. The van der Waals surface area contributed by atoms with Crippen LogP contribution in [-0.2, 0) is 27.8 Å². The summed E-state index contributed by atoms with van der Waals surface area (Å²) in [4.78, 5) is 14.2. The van der Waals surface area contributed by atoms with Gasteiger partial charge in [-0.1, -0.05) is 41.4 Å². The van der Waals surface area contributed by atoms with Gasteiger partial charge in [-0.15, -0.1) is 0 Å². The first-order chi connectivity index (χ1) is 11.7.